The van der Waals surface area contributed by atoms with Crippen molar-refractivity contribution in [2.24, 2.45) is 0 Å². The molecule has 16 heavy (non-hydrogen) atoms. The fourth-order valence-electron chi connectivity index (χ4n) is 1.64. The van der Waals surface area contributed by atoms with Crippen LogP contribution in [0.1, 0.15) is 5.56 Å². The molecule has 1 aromatic rings. The second kappa shape index (κ2) is 3.92. The summed E-state index contributed by atoms with van der Waals surface area (Å²) in [6, 6.07) is 4.95. The molecule has 1 heterocycles. The van der Waals surface area contributed by atoms with Gasteiger partial charge in [0.2, 0.25) is 0 Å². The predicted molar refractivity (Wildman–Crippen MR) is 55.2 cm³/mol. The third kappa shape index (κ3) is 1.88. The summed E-state index contributed by atoms with van der Waals surface area (Å²) >= 11 is 0. The Morgan fingerprint density at radius 2 is 1.94 bits per heavy atom. The summed E-state index contributed by atoms with van der Waals surface area (Å²) < 4.78 is 12.7. The molecule has 1 N–H and O–H groups in total. The molecule has 1 fully saturated rings. The molecule has 5 heteroatoms. The molecule has 0 bridgehead atoms. The van der Waals surface area contributed by atoms with Crippen molar-refractivity contribution in [3.05, 3.63) is 35.6 Å². The largest absolute Gasteiger partial charge is 0.325 e. The number of carbonyl (C=O) groups is 2. The van der Waals surface area contributed by atoms with Gasteiger partial charge < -0.3 is 5.32 Å². The van der Waals surface area contributed by atoms with Crippen molar-refractivity contribution >= 4 is 11.9 Å². The van der Waals surface area contributed by atoms with Crippen LogP contribution in [0.5, 0.6) is 0 Å². The summed E-state index contributed by atoms with van der Waals surface area (Å²) in [6.07, 6.45) is 0.384. The molecular formula is C11H11FN2O2. The number of nitrogens with zero attached hydrogens (tertiary/aromatic N) is 1. The molecule has 1 saturated heterocycles. The third-order valence-electron chi connectivity index (χ3n) is 2.58. The van der Waals surface area contributed by atoms with Crippen LogP contribution in [-0.2, 0) is 11.2 Å². The zero-order valence-corrected chi connectivity index (χ0v) is 8.74. The van der Waals surface area contributed by atoms with Crippen molar-refractivity contribution < 1.29 is 14.0 Å². The van der Waals surface area contributed by atoms with E-state index in [1.54, 1.807) is 12.1 Å². The van der Waals surface area contributed by atoms with Crippen LogP contribution in [0.4, 0.5) is 9.18 Å². The lowest BCUT2D eigenvalue weighted by Gasteiger charge is -2.07. The van der Waals surface area contributed by atoms with Gasteiger partial charge in [-0.1, -0.05) is 12.1 Å². The maximum absolute atomic E-state index is 12.7. The number of rotatable bonds is 2. The number of halogens is 1. The summed E-state index contributed by atoms with van der Waals surface area (Å²) in [5.74, 6) is -0.572. The van der Waals surface area contributed by atoms with Crippen molar-refractivity contribution in [3.63, 3.8) is 0 Å². The second-order valence-corrected chi connectivity index (χ2v) is 3.73. The average Bonchev–Trinajstić information content (AvgIpc) is 2.50. The van der Waals surface area contributed by atoms with Gasteiger partial charge in [0.15, 0.2) is 0 Å². The maximum Gasteiger partial charge on any atom is 0.324 e. The van der Waals surface area contributed by atoms with Crippen molar-refractivity contribution in [1.82, 2.24) is 10.2 Å². The van der Waals surface area contributed by atoms with Crippen LogP contribution < -0.4 is 5.32 Å². The zero-order valence-electron chi connectivity index (χ0n) is 8.74. The van der Waals surface area contributed by atoms with Gasteiger partial charge in [-0.2, -0.15) is 0 Å². The number of likely N-dealkylation sites (N-methyl/N-ethyl adjacent to an activating group) is 1. The minimum atomic E-state index is -0.539. The van der Waals surface area contributed by atoms with Gasteiger partial charge in [0.25, 0.3) is 5.91 Å². The highest BCUT2D eigenvalue weighted by molar-refractivity contribution is 6.03. The SMILES string of the molecule is CN1C(=O)NC(Cc2ccc(F)cc2)C1=O. The minimum Gasteiger partial charge on any atom is -0.325 e. The normalized spacial score (nSPS) is 20.1. The number of hydrogen-bond donors (Lipinski definition) is 1. The Bertz CT molecular complexity index is 430. The Hall–Kier alpha value is -1.91. The van der Waals surface area contributed by atoms with E-state index < -0.39 is 12.1 Å². The van der Waals surface area contributed by atoms with Crippen LogP contribution in [0.2, 0.25) is 0 Å². The second-order valence-electron chi connectivity index (χ2n) is 3.73. The summed E-state index contributed by atoms with van der Waals surface area (Å²) in [6.45, 7) is 0. The Morgan fingerprint density at radius 1 is 1.31 bits per heavy atom. The molecule has 0 radical (unpaired) electrons. The molecule has 84 valence electrons. The quantitative estimate of drug-likeness (QED) is 0.756. The lowest BCUT2D eigenvalue weighted by molar-refractivity contribution is -0.126. The van der Waals surface area contributed by atoms with E-state index in [2.05, 4.69) is 5.32 Å². The topological polar surface area (TPSA) is 49.4 Å². The summed E-state index contributed by atoms with van der Waals surface area (Å²) in [5.41, 5.74) is 0.815. The van der Waals surface area contributed by atoms with E-state index in [4.69, 9.17) is 0 Å². The number of imide groups is 1. The molecule has 2 rings (SSSR count). The van der Waals surface area contributed by atoms with Crippen LogP contribution in [-0.4, -0.2) is 29.9 Å². The molecule has 0 spiro atoms. The van der Waals surface area contributed by atoms with Crippen molar-refractivity contribution in [1.29, 1.82) is 0 Å². The smallest absolute Gasteiger partial charge is 0.324 e. The molecule has 0 aliphatic carbocycles. The predicted octanol–water partition coefficient (Wildman–Crippen LogP) is 0.918. The van der Waals surface area contributed by atoms with Crippen LogP contribution in [0, 0.1) is 5.82 Å². The van der Waals surface area contributed by atoms with E-state index in [1.165, 1.54) is 19.2 Å². The van der Waals surface area contributed by atoms with Crippen molar-refractivity contribution in [3.8, 4) is 0 Å². The molecule has 1 aromatic carbocycles. The molecule has 0 aromatic heterocycles. The monoisotopic (exact) mass is 222 g/mol. The summed E-state index contributed by atoms with van der Waals surface area (Å²) in [7, 11) is 1.43. The molecular weight excluding hydrogens is 211 g/mol. The number of amides is 3. The number of hydrogen-bond acceptors (Lipinski definition) is 2. The minimum absolute atomic E-state index is 0.255. The lowest BCUT2D eigenvalue weighted by Crippen LogP contribution is -2.31. The molecule has 1 aliphatic rings. The fourth-order valence-corrected chi connectivity index (χ4v) is 1.64. The van der Waals surface area contributed by atoms with Gasteiger partial charge in [0.05, 0.1) is 0 Å². The van der Waals surface area contributed by atoms with E-state index in [1.807, 2.05) is 0 Å². The molecule has 3 amide bonds. The van der Waals surface area contributed by atoms with Gasteiger partial charge >= 0.3 is 6.03 Å². The van der Waals surface area contributed by atoms with Crippen LogP contribution in [0.3, 0.4) is 0 Å². The van der Waals surface area contributed by atoms with Crippen molar-refractivity contribution in [2.45, 2.75) is 12.5 Å². The first-order valence-electron chi connectivity index (χ1n) is 4.90. The number of nitrogens with one attached hydrogen (secondary N) is 1. The molecule has 4 nitrogen and oxygen atoms in total. The Kier molecular flexibility index (Phi) is 2.60. The Labute approximate surface area is 92.0 Å². The molecule has 0 saturated carbocycles. The van der Waals surface area contributed by atoms with E-state index in [0.717, 1.165) is 10.5 Å². The summed E-state index contributed by atoms with van der Waals surface area (Å²) in [4.78, 5) is 23.8. The fraction of sp³-hybridized carbons (Fsp3) is 0.273. The van der Waals surface area contributed by atoms with E-state index in [-0.39, 0.29) is 11.7 Å². The lowest BCUT2D eigenvalue weighted by atomic mass is 10.1. The first kappa shape index (κ1) is 10.6. The van der Waals surface area contributed by atoms with Gasteiger partial charge in [-0.15, -0.1) is 0 Å². The third-order valence-corrected chi connectivity index (χ3v) is 2.58. The first-order chi connectivity index (χ1) is 7.58. The number of benzene rings is 1. The number of carbonyl (C=O) groups excluding carboxylic acids is 2. The van der Waals surface area contributed by atoms with Gasteiger partial charge in [0, 0.05) is 13.5 Å². The standard InChI is InChI=1S/C11H11FN2O2/c1-14-10(15)9(13-11(14)16)6-7-2-4-8(12)5-3-7/h2-5,9H,6H2,1H3,(H,13,16). The highest BCUT2D eigenvalue weighted by Gasteiger charge is 2.34. The van der Waals surface area contributed by atoms with Gasteiger partial charge in [-0.25, -0.2) is 9.18 Å². The van der Waals surface area contributed by atoms with Crippen LogP contribution >= 0.6 is 0 Å². The first-order valence-corrected chi connectivity index (χ1v) is 4.90. The van der Waals surface area contributed by atoms with Crippen LogP contribution in [0.25, 0.3) is 0 Å². The molecule has 1 unspecified atom stereocenters. The zero-order chi connectivity index (χ0) is 11.7. The Balaban J connectivity index is 2.09. The summed E-state index contributed by atoms with van der Waals surface area (Å²) in [5, 5.41) is 2.56. The van der Waals surface area contributed by atoms with Crippen molar-refractivity contribution in [2.75, 3.05) is 7.05 Å². The van der Waals surface area contributed by atoms with Gasteiger partial charge in [-0.3, -0.25) is 9.69 Å². The highest BCUT2D eigenvalue weighted by atomic mass is 19.1. The number of urea groups is 1. The van der Waals surface area contributed by atoms with Crippen LogP contribution in [0.15, 0.2) is 24.3 Å². The average molecular weight is 222 g/mol. The Morgan fingerprint density at radius 3 is 2.44 bits per heavy atom. The molecule has 1 aliphatic heterocycles. The maximum atomic E-state index is 12.7. The highest BCUT2D eigenvalue weighted by Crippen LogP contribution is 2.11. The van der Waals surface area contributed by atoms with Gasteiger partial charge in [0.1, 0.15) is 11.9 Å². The van der Waals surface area contributed by atoms with Gasteiger partial charge in [-0.05, 0) is 17.7 Å². The molecule has 1 atom stereocenters. The van der Waals surface area contributed by atoms with E-state index in [0.29, 0.717) is 6.42 Å². The van der Waals surface area contributed by atoms with E-state index in [9.17, 15) is 14.0 Å². The van der Waals surface area contributed by atoms with E-state index >= 15 is 0 Å².